The van der Waals surface area contributed by atoms with Gasteiger partial charge in [-0.15, -0.1) is 0 Å². The monoisotopic (exact) mass is 412 g/mol. The number of anilines is 1. The number of hydrogen-bond donors (Lipinski definition) is 1. The minimum absolute atomic E-state index is 0.0821. The molecule has 0 unspecified atom stereocenters. The van der Waals surface area contributed by atoms with Gasteiger partial charge in [0, 0.05) is 18.8 Å². The number of methoxy groups -OCH3 is 1. The summed E-state index contributed by atoms with van der Waals surface area (Å²) in [6, 6.07) is 12.5. The highest BCUT2D eigenvalue weighted by Crippen LogP contribution is 2.31. The van der Waals surface area contributed by atoms with Gasteiger partial charge in [-0.1, -0.05) is 12.1 Å². The van der Waals surface area contributed by atoms with E-state index in [0.29, 0.717) is 30.0 Å². The van der Waals surface area contributed by atoms with Gasteiger partial charge in [0.2, 0.25) is 0 Å². The van der Waals surface area contributed by atoms with Gasteiger partial charge in [0.25, 0.3) is 11.8 Å². The minimum atomic E-state index is -0.417. The van der Waals surface area contributed by atoms with Gasteiger partial charge in [-0.3, -0.25) is 14.5 Å². The van der Waals surface area contributed by atoms with E-state index in [1.807, 2.05) is 13.8 Å². The third-order valence-corrected chi connectivity index (χ3v) is 4.64. The quantitative estimate of drug-likeness (QED) is 0.501. The summed E-state index contributed by atoms with van der Waals surface area (Å²) in [4.78, 5) is 27.4. The van der Waals surface area contributed by atoms with E-state index >= 15 is 0 Å². The number of carbonyl (C=O) groups is 2. The molecule has 0 atom stereocenters. The van der Waals surface area contributed by atoms with Gasteiger partial charge < -0.3 is 14.8 Å². The first-order valence-corrected chi connectivity index (χ1v) is 9.79. The highest BCUT2D eigenvalue weighted by atomic mass is 19.1. The number of nitrogens with zero attached hydrogens (tertiary/aromatic N) is 1. The molecule has 2 aromatic rings. The summed E-state index contributed by atoms with van der Waals surface area (Å²) >= 11 is 0. The average molecular weight is 412 g/mol. The number of benzene rings is 2. The Bertz CT molecular complexity index is 937. The molecular weight excluding hydrogens is 387 g/mol. The van der Waals surface area contributed by atoms with Gasteiger partial charge >= 0.3 is 0 Å². The van der Waals surface area contributed by atoms with Crippen molar-refractivity contribution in [3.63, 3.8) is 0 Å². The lowest BCUT2D eigenvalue weighted by atomic mass is 10.0. The second kappa shape index (κ2) is 9.54. The third kappa shape index (κ3) is 4.86. The summed E-state index contributed by atoms with van der Waals surface area (Å²) in [5, 5.41) is 3.00. The maximum Gasteiger partial charge on any atom is 0.278 e. The summed E-state index contributed by atoms with van der Waals surface area (Å²) in [6.45, 7) is 4.56. The van der Waals surface area contributed by atoms with E-state index < -0.39 is 5.91 Å². The van der Waals surface area contributed by atoms with Crippen LogP contribution in [0.15, 0.2) is 54.2 Å². The Hall–Kier alpha value is -3.19. The van der Waals surface area contributed by atoms with E-state index in [9.17, 15) is 14.0 Å². The number of hydrogen-bond acceptors (Lipinski definition) is 5. The smallest absolute Gasteiger partial charge is 0.278 e. The van der Waals surface area contributed by atoms with Crippen LogP contribution in [0.25, 0.3) is 5.57 Å². The molecular formula is C23H25FN2O4. The Balaban J connectivity index is 1.89. The minimum Gasteiger partial charge on any atom is -0.497 e. The van der Waals surface area contributed by atoms with E-state index in [-0.39, 0.29) is 35.6 Å². The van der Waals surface area contributed by atoms with Crippen molar-refractivity contribution in [2.75, 3.05) is 25.6 Å². The molecule has 0 radical (unpaired) electrons. The van der Waals surface area contributed by atoms with Crippen LogP contribution in [0, 0.1) is 5.82 Å². The molecule has 2 amide bonds. The molecule has 3 rings (SSSR count). The number of nitrogens with one attached hydrogen (secondary N) is 1. The van der Waals surface area contributed by atoms with Crippen LogP contribution in [-0.4, -0.2) is 43.1 Å². The molecule has 158 valence electrons. The fourth-order valence-electron chi connectivity index (χ4n) is 3.14. The number of imide groups is 1. The molecule has 1 heterocycles. The second-order valence-electron chi connectivity index (χ2n) is 7.15. The zero-order chi connectivity index (χ0) is 21.7. The van der Waals surface area contributed by atoms with Gasteiger partial charge in [0.15, 0.2) is 0 Å². The van der Waals surface area contributed by atoms with Crippen molar-refractivity contribution in [2.45, 2.75) is 26.4 Å². The maximum atomic E-state index is 13.3. The first-order valence-electron chi connectivity index (χ1n) is 9.79. The van der Waals surface area contributed by atoms with Gasteiger partial charge in [-0.05, 0) is 62.2 Å². The average Bonchev–Trinajstić information content (AvgIpc) is 2.96. The highest BCUT2D eigenvalue weighted by Gasteiger charge is 2.38. The Morgan fingerprint density at radius 1 is 1.00 bits per heavy atom. The van der Waals surface area contributed by atoms with Crippen LogP contribution in [-0.2, 0) is 14.3 Å². The number of amides is 2. The molecule has 7 heteroatoms. The maximum absolute atomic E-state index is 13.3. The van der Waals surface area contributed by atoms with Crippen molar-refractivity contribution in [1.82, 2.24) is 4.90 Å². The molecule has 1 aliphatic heterocycles. The predicted molar refractivity (Wildman–Crippen MR) is 112 cm³/mol. The van der Waals surface area contributed by atoms with Crippen LogP contribution >= 0.6 is 0 Å². The topological polar surface area (TPSA) is 67.9 Å². The predicted octanol–water partition coefficient (Wildman–Crippen LogP) is 3.84. The van der Waals surface area contributed by atoms with Crippen LogP contribution in [0.2, 0.25) is 0 Å². The normalized spacial score (nSPS) is 14.1. The van der Waals surface area contributed by atoms with Crippen molar-refractivity contribution in [2.24, 2.45) is 0 Å². The lowest BCUT2D eigenvalue weighted by Crippen LogP contribution is -2.34. The lowest BCUT2D eigenvalue weighted by Gasteiger charge is -2.16. The van der Waals surface area contributed by atoms with Crippen molar-refractivity contribution >= 4 is 23.1 Å². The Labute approximate surface area is 175 Å². The molecule has 0 bridgehead atoms. The first-order chi connectivity index (χ1) is 14.4. The van der Waals surface area contributed by atoms with Crippen LogP contribution in [0.1, 0.15) is 25.8 Å². The fourth-order valence-corrected chi connectivity index (χ4v) is 3.14. The molecule has 2 aromatic carbocycles. The molecule has 0 saturated carbocycles. The highest BCUT2D eigenvalue weighted by molar-refractivity contribution is 6.36. The van der Waals surface area contributed by atoms with Crippen molar-refractivity contribution in [1.29, 1.82) is 0 Å². The zero-order valence-corrected chi connectivity index (χ0v) is 17.3. The zero-order valence-electron chi connectivity index (χ0n) is 17.3. The molecule has 0 aromatic heterocycles. The van der Waals surface area contributed by atoms with Crippen molar-refractivity contribution in [3.8, 4) is 5.75 Å². The summed E-state index contributed by atoms with van der Waals surface area (Å²) < 4.78 is 23.9. The van der Waals surface area contributed by atoms with Crippen LogP contribution < -0.4 is 10.1 Å². The first kappa shape index (κ1) is 21.5. The number of carbonyl (C=O) groups excluding carboxylic acids is 2. The lowest BCUT2D eigenvalue weighted by molar-refractivity contribution is -0.137. The summed E-state index contributed by atoms with van der Waals surface area (Å²) in [5.74, 6) is -0.531. The Morgan fingerprint density at radius 3 is 2.27 bits per heavy atom. The Morgan fingerprint density at radius 2 is 1.67 bits per heavy atom. The van der Waals surface area contributed by atoms with E-state index in [1.54, 1.807) is 31.4 Å². The van der Waals surface area contributed by atoms with E-state index in [2.05, 4.69) is 5.32 Å². The van der Waals surface area contributed by atoms with Gasteiger partial charge in [-0.25, -0.2) is 4.39 Å². The van der Waals surface area contributed by atoms with E-state index in [1.165, 1.54) is 29.2 Å². The van der Waals surface area contributed by atoms with Crippen LogP contribution in [0.4, 0.5) is 10.1 Å². The molecule has 0 spiro atoms. The molecule has 0 fully saturated rings. The number of halogens is 1. The number of ether oxygens (including phenoxy) is 2. The third-order valence-electron chi connectivity index (χ3n) is 4.64. The molecule has 1 aliphatic rings. The second-order valence-corrected chi connectivity index (χ2v) is 7.15. The summed E-state index contributed by atoms with van der Waals surface area (Å²) in [5.41, 5.74) is 1.56. The molecule has 1 N–H and O–H groups in total. The van der Waals surface area contributed by atoms with Gasteiger partial charge in [0.05, 0.1) is 18.8 Å². The van der Waals surface area contributed by atoms with Gasteiger partial charge in [0.1, 0.15) is 17.3 Å². The fraction of sp³-hybridized carbons (Fsp3) is 0.304. The van der Waals surface area contributed by atoms with Crippen LogP contribution in [0.5, 0.6) is 5.75 Å². The van der Waals surface area contributed by atoms with E-state index in [4.69, 9.17) is 9.47 Å². The SMILES string of the molecule is COc1ccc(C2=C(Nc3ccc(F)cc3)C(=O)N(CCCOC(C)C)C2=O)cc1. The standard InChI is InChI=1S/C23H25FN2O4/c1-15(2)30-14-4-13-26-22(27)20(16-5-11-19(29-3)12-6-16)21(23(26)28)25-18-9-7-17(24)8-10-18/h5-12,15,25H,4,13-14H2,1-3H3. The van der Waals surface area contributed by atoms with Crippen molar-refractivity contribution < 1.29 is 23.5 Å². The largest absolute Gasteiger partial charge is 0.497 e. The molecule has 0 saturated heterocycles. The Kier molecular flexibility index (Phi) is 6.84. The summed E-state index contributed by atoms with van der Waals surface area (Å²) in [7, 11) is 1.56. The van der Waals surface area contributed by atoms with E-state index in [0.717, 1.165) is 0 Å². The van der Waals surface area contributed by atoms with Gasteiger partial charge in [-0.2, -0.15) is 0 Å². The molecule has 0 aliphatic carbocycles. The van der Waals surface area contributed by atoms with Crippen molar-refractivity contribution in [3.05, 3.63) is 65.6 Å². The molecule has 30 heavy (non-hydrogen) atoms. The summed E-state index contributed by atoms with van der Waals surface area (Å²) in [6.07, 6.45) is 0.619. The molecule has 6 nitrogen and oxygen atoms in total. The number of rotatable bonds is 9. The van der Waals surface area contributed by atoms with Crippen LogP contribution in [0.3, 0.4) is 0 Å².